The summed E-state index contributed by atoms with van der Waals surface area (Å²) in [5, 5.41) is 11.2. The molecule has 0 spiro atoms. The van der Waals surface area contributed by atoms with Gasteiger partial charge >= 0.3 is 12.1 Å². The van der Waals surface area contributed by atoms with E-state index in [9.17, 15) is 22.8 Å². The van der Waals surface area contributed by atoms with Crippen LogP contribution in [0.15, 0.2) is 48.5 Å². The largest absolute Gasteiger partial charge is 0.481 e. The molecule has 120 valence electrons. The van der Waals surface area contributed by atoms with Crippen molar-refractivity contribution >= 4 is 17.6 Å². The lowest BCUT2D eigenvalue weighted by Crippen LogP contribution is -2.13. The molecule has 0 bridgehead atoms. The second kappa shape index (κ2) is 6.51. The second-order valence-corrected chi connectivity index (χ2v) is 4.80. The zero-order valence-electron chi connectivity index (χ0n) is 11.7. The van der Waals surface area contributed by atoms with E-state index in [4.69, 9.17) is 5.11 Å². The number of aliphatic carboxylic acids is 1. The summed E-state index contributed by atoms with van der Waals surface area (Å²) in [7, 11) is 0. The van der Waals surface area contributed by atoms with E-state index in [-0.39, 0.29) is 12.0 Å². The summed E-state index contributed by atoms with van der Waals surface area (Å²) in [6, 6.07) is 10.0. The van der Waals surface area contributed by atoms with Crippen LogP contribution in [0.25, 0.3) is 0 Å². The predicted octanol–water partition coefficient (Wildman–Crippen LogP) is 3.58. The van der Waals surface area contributed by atoms with Crippen molar-refractivity contribution in [1.29, 1.82) is 0 Å². The maximum absolute atomic E-state index is 12.5. The van der Waals surface area contributed by atoms with Crippen LogP contribution in [0, 0.1) is 0 Å². The van der Waals surface area contributed by atoms with Gasteiger partial charge in [0.05, 0.1) is 12.0 Å². The molecule has 0 unspecified atom stereocenters. The Kier molecular flexibility index (Phi) is 4.68. The Morgan fingerprint density at radius 1 is 0.957 bits per heavy atom. The Bertz CT molecular complexity index is 707. The van der Waals surface area contributed by atoms with Crippen molar-refractivity contribution in [2.45, 2.75) is 12.6 Å². The van der Waals surface area contributed by atoms with Crippen molar-refractivity contribution in [2.75, 3.05) is 5.32 Å². The molecular formula is C16H12F3NO3. The van der Waals surface area contributed by atoms with Gasteiger partial charge in [0.15, 0.2) is 0 Å². The lowest BCUT2D eigenvalue weighted by molar-refractivity contribution is -0.138. The molecule has 0 aromatic heterocycles. The summed E-state index contributed by atoms with van der Waals surface area (Å²) in [6.07, 6.45) is -4.58. The minimum absolute atomic E-state index is 0.0904. The number of benzene rings is 2. The number of nitrogens with one attached hydrogen (secondary N) is 1. The number of carboxylic acids is 1. The van der Waals surface area contributed by atoms with E-state index in [0.717, 1.165) is 24.3 Å². The number of hydrogen-bond donors (Lipinski definition) is 2. The molecule has 0 atom stereocenters. The van der Waals surface area contributed by atoms with E-state index in [1.165, 1.54) is 12.1 Å². The lowest BCUT2D eigenvalue weighted by Gasteiger charge is -2.08. The highest BCUT2D eigenvalue weighted by Crippen LogP contribution is 2.29. The van der Waals surface area contributed by atoms with Gasteiger partial charge in [-0.1, -0.05) is 12.1 Å². The first-order chi connectivity index (χ1) is 10.8. The number of carboxylic acid groups (broad SMARTS) is 1. The lowest BCUT2D eigenvalue weighted by atomic mass is 10.1. The number of halogens is 3. The van der Waals surface area contributed by atoms with Crippen LogP contribution in [0.5, 0.6) is 0 Å². The van der Waals surface area contributed by atoms with Crippen LogP contribution in [0.3, 0.4) is 0 Å². The molecule has 0 fully saturated rings. The van der Waals surface area contributed by atoms with Crippen molar-refractivity contribution in [3.05, 3.63) is 65.2 Å². The van der Waals surface area contributed by atoms with Crippen molar-refractivity contribution in [2.24, 2.45) is 0 Å². The van der Waals surface area contributed by atoms with E-state index in [2.05, 4.69) is 5.32 Å². The zero-order valence-corrected chi connectivity index (χ0v) is 11.7. The molecular weight excluding hydrogens is 311 g/mol. The third kappa shape index (κ3) is 4.57. The molecule has 23 heavy (non-hydrogen) atoms. The van der Waals surface area contributed by atoms with Crippen LogP contribution in [0.4, 0.5) is 18.9 Å². The number of amides is 1. The van der Waals surface area contributed by atoms with Crippen LogP contribution in [-0.4, -0.2) is 17.0 Å². The fraction of sp³-hybridized carbons (Fsp3) is 0.125. The molecule has 0 saturated heterocycles. The minimum Gasteiger partial charge on any atom is -0.481 e. The summed E-state index contributed by atoms with van der Waals surface area (Å²) in [5.41, 5.74) is 0.258. The van der Waals surface area contributed by atoms with Gasteiger partial charge in [-0.2, -0.15) is 13.2 Å². The zero-order chi connectivity index (χ0) is 17.0. The Labute approximate surface area is 129 Å². The summed E-state index contributed by atoms with van der Waals surface area (Å²) >= 11 is 0. The number of carbonyl (C=O) groups is 2. The number of anilines is 1. The van der Waals surface area contributed by atoms with Crippen LogP contribution >= 0.6 is 0 Å². The number of hydrogen-bond acceptors (Lipinski definition) is 2. The molecule has 1 amide bonds. The predicted molar refractivity (Wildman–Crippen MR) is 77.2 cm³/mol. The molecule has 2 aromatic rings. The van der Waals surface area contributed by atoms with Gasteiger partial charge < -0.3 is 10.4 Å². The van der Waals surface area contributed by atoms with Crippen LogP contribution in [0.2, 0.25) is 0 Å². The summed E-state index contributed by atoms with van der Waals surface area (Å²) in [4.78, 5) is 22.5. The topological polar surface area (TPSA) is 66.4 Å². The van der Waals surface area contributed by atoms with Gasteiger partial charge in [0, 0.05) is 11.3 Å². The molecule has 7 heteroatoms. The van der Waals surface area contributed by atoms with Crippen molar-refractivity contribution in [1.82, 2.24) is 0 Å². The Balaban J connectivity index is 2.05. The number of alkyl halides is 3. The first-order valence-electron chi connectivity index (χ1n) is 6.55. The first kappa shape index (κ1) is 16.5. The SMILES string of the molecule is O=C(O)Cc1ccc(NC(=O)c2ccc(C(F)(F)F)cc2)cc1. The summed E-state index contributed by atoms with van der Waals surface area (Å²) in [6.45, 7) is 0. The minimum atomic E-state index is -4.45. The van der Waals surface area contributed by atoms with Crippen molar-refractivity contribution < 1.29 is 27.9 Å². The van der Waals surface area contributed by atoms with Gasteiger partial charge in [-0.15, -0.1) is 0 Å². The fourth-order valence-corrected chi connectivity index (χ4v) is 1.89. The molecule has 2 aromatic carbocycles. The quantitative estimate of drug-likeness (QED) is 0.904. The van der Waals surface area contributed by atoms with Gasteiger partial charge in [-0.05, 0) is 42.0 Å². The molecule has 0 aliphatic heterocycles. The van der Waals surface area contributed by atoms with Gasteiger partial charge in [-0.3, -0.25) is 9.59 Å². The Morgan fingerprint density at radius 2 is 1.52 bits per heavy atom. The number of rotatable bonds is 4. The van der Waals surface area contributed by atoms with E-state index in [1.54, 1.807) is 12.1 Å². The molecule has 2 rings (SSSR count). The van der Waals surface area contributed by atoms with E-state index >= 15 is 0 Å². The third-order valence-corrected chi connectivity index (χ3v) is 3.04. The molecule has 0 saturated carbocycles. The average molecular weight is 323 g/mol. The highest BCUT2D eigenvalue weighted by Gasteiger charge is 2.30. The highest BCUT2D eigenvalue weighted by molar-refractivity contribution is 6.04. The maximum atomic E-state index is 12.5. The average Bonchev–Trinajstić information content (AvgIpc) is 2.48. The molecule has 0 aliphatic rings. The monoisotopic (exact) mass is 323 g/mol. The van der Waals surface area contributed by atoms with Crippen molar-refractivity contribution in [3.63, 3.8) is 0 Å². The summed E-state index contributed by atoms with van der Waals surface area (Å²) < 4.78 is 37.4. The normalized spacial score (nSPS) is 11.1. The second-order valence-electron chi connectivity index (χ2n) is 4.80. The fourth-order valence-electron chi connectivity index (χ4n) is 1.89. The van der Waals surface area contributed by atoms with Gasteiger partial charge in [0.25, 0.3) is 5.91 Å². The van der Waals surface area contributed by atoms with Gasteiger partial charge in [0.2, 0.25) is 0 Å². The first-order valence-corrected chi connectivity index (χ1v) is 6.55. The Hall–Kier alpha value is -2.83. The molecule has 2 N–H and O–H groups in total. The highest BCUT2D eigenvalue weighted by atomic mass is 19.4. The molecule has 0 heterocycles. The van der Waals surface area contributed by atoms with E-state index in [0.29, 0.717) is 11.3 Å². The standard InChI is InChI=1S/C16H12F3NO3/c17-16(18,19)12-5-3-11(4-6-12)15(23)20-13-7-1-10(2-8-13)9-14(21)22/h1-8H,9H2,(H,20,23)(H,21,22). The maximum Gasteiger partial charge on any atom is 0.416 e. The smallest absolute Gasteiger partial charge is 0.416 e. The third-order valence-electron chi connectivity index (χ3n) is 3.04. The Morgan fingerprint density at radius 3 is 2.00 bits per heavy atom. The van der Waals surface area contributed by atoms with E-state index < -0.39 is 23.6 Å². The van der Waals surface area contributed by atoms with Crippen molar-refractivity contribution in [3.8, 4) is 0 Å². The van der Waals surface area contributed by atoms with E-state index in [1.807, 2.05) is 0 Å². The number of carbonyl (C=O) groups excluding carboxylic acids is 1. The molecule has 0 radical (unpaired) electrons. The molecule has 0 aliphatic carbocycles. The van der Waals surface area contributed by atoms with Crippen LogP contribution < -0.4 is 5.32 Å². The summed E-state index contributed by atoms with van der Waals surface area (Å²) in [5.74, 6) is -1.52. The van der Waals surface area contributed by atoms with Gasteiger partial charge in [-0.25, -0.2) is 0 Å². The van der Waals surface area contributed by atoms with Crippen LogP contribution in [0.1, 0.15) is 21.5 Å². The van der Waals surface area contributed by atoms with Crippen LogP contribution in [-0.2, 0) is 17.4 Å². The molecule has 4 nitrogen and oxygen atoms in total. The van der Waals surface area contributed by atoms with Gasteiger partial charge in [0.1, 0.15) is 0 Å².